The van der Waals surface area contributed by atoms with Gasteiger partial charge in [0.15, 0.2) is 0 Å². The average molecular weight is 172 g/mol. The van der Waals surface area contributed by atoms with Gasteiger partial charge in [-0.25, -0.2) is 4.79 Å². The minimum absolute atomic E-state index is 0.0466. The minimum atomic E-state index is -0.280. The van der Waals surface area contributed by atoms with Gasteiger partial charge in [0.05, 0.1) is 33.3 Å². The molecule has 0 fully saturated rings. The first kappa shape index (κ1) is 11.2. The Balaban J connectivity index is 3.93. The maximum Gasteiger partial charge on any atom is 0.336 e. The maximum atomic E-state index is 11.0. The van der Waals surface area contributed by atoms with Crippen LogP contribution in [0.4, 0.5) is 0 Å². The first-order chi connectivity index (χ1) is 5.31. The largest absolute Gasteiger partial charge is 0.460 e. The topological polar surface area (TPSA) is 26.3 Å². The summed E-state index contributed by atoms with van der Waals surface area (Å²) < 4.78 is 5.53. The van der Waals surface area contributed by atoms with Gasteiger partial charge in [-0.2, -0.15) is 0 Å². The molecule has 0 aromatic rings. The van der Waals surface area contributed by atoms with Crippen molar-refractivity contribution >= 4 is 5.97 Å². The Morgan fingerprint density at radius 1 is 1.33 bits per heavy atom. The smallest absolute Gasteiger partial charge is 0.336 e. The highest BCUT2D eigenvalue weighted by molar-refractivity contribution is 5.81. The van der Waals surface area contributed by atoms with Crippen molar-refractivity contribution in [2.45, 2.75) is 20.0 Å². The second kappa shape index (κ2) is 4.26. The van der Waals surface area contributed by atoms with Crippen molar-refractivity contribution in [2.24, 2.45) is 0 Å². The Hall–Kier alpha value is -0.830. The molecule has 0 aliphatic carbocycles. The number of esters is 1. The van der Waals surface area contributed by atoms with Gasteiger partial charge in [-0.15, -0.1) is 0 Å². The van der Waals surface area contributed by atoms with E-state index in [2.05, 4.69) is 0 Å². The minimum Gasteiger partial charge on any atom is -0.460 e. The first-order valence-corrected chi connectivity index (χ1v) is 4.02. The molecule has 0 saturated carbocycles. The van der Waals surface area contributed by atoms with E-state index in [9.17, 15) is 4.79 Å². The summed E-state index contributed by atoms with van der Waals surface area (Å²) in [6, 6.07) is 0. The summed E-state index contributed by atoms with van der Waals surface area (Å²) in [5.41, 5.74) is 0. The Labute approximate surface area is 74.2 Å². The van der Waals surface area contributed by atoms with Crippen LogP contribution in [0.25, 0.3) is 0 Å². The number of hydrogen-bond acceptors (Lipinski definition) is 2. The van der Waals surface area contributed by atoms with E-state index in [0.29, 0.717) is 4.48 Å². The number of carbonyl (C=O) groups is 1. The van der Waals surface area contributed by atoms with Crippen LogP contribution in [0.3, 0.4) is 0 Å². The molecule has 0 aromatic carbocycles. The zero-order valence-corrected chi connectivity index (χ0v) is 8.50. The summed E-state index contributed by atoms with van der Waals surface area (Å²) in [5, 5.41) is 0. The third-order valence-electron chi connectivity index (χ3n) is 1.01. The standard InChI is InChI=1S/C9H18NO2/c1-8(2)12-9(11)6-7-10(3,4)5/h6-8H,1-5H3/q+1/b7-6-. The second-order valence-electron chi connectivity index (χ2n) is 3.92. The van der Waals surface area contributed by atoms with E-state index in [-0.39, 0.29) is 12.1 Å². The summed E-state index contributed by atoms with van der Waals surface area (Å²) in [7, 11) is 5.91. The molecular formula is C9H18NO2+. The molecule has 0 N–H and O–H groups in total. The molecule has 70 valence electrons. The van der Waals surface area contributed by atoms with Gasteiger partial charge in [0.2, 0.25) is 0 Å². The summed E-state index contributed by atoms with van der Waals surface area (Å²) in [5.74, 6) is -0.280. The van der Waals surface area contributed by atoms with Gasteiger partial charge in [-0.05, 0) is 13.8 Å². The second-order valence-corrected chi connectivity index (χ2v) is 3.92. The lowest BCUT2D eigenvalue weighted by atomic mass is 10.5. The van der Waals surface area contributed by atoms with Gasteiger partial charge in [0.1, 0.15) is 6.20 Å². The average Bonchev–Trinajstić information content (AvgIpc) is 1.80. The zero-order valence-electron chi connectivity index (χ0n) is 8.50. The monoisotopic (exact) mass is 172 g/mol. The van der Waals surface area contributed by atoms with Gasteiger partial charge in [-0.3, -0.25) is 0 Å². The molecule has 0 unspecified atom stereocenters. The van der Waals surface area contributed by atoms with Crippen molar-refractivity contribution in [2.75, 3.05) is 21.1 Å². The zero-order chi connectivity index (χ0) is 9.78. The molecule has 0 aromatic heterocycles. The van der Waals surface area contributed by atoms with Crippen LogP contribution in [0, 0.1) is 0 Å². The van der Waals surface area contributed by atoms with Crippen LogP contribution in [-0.4, -0.2) is 37.7 Å². The Kier molecular flexibility index (Phi) is 3.96. The lowest BCUT2D eigenvalue weighted by Crippen LogP contribution is -2.27. The number of carbonyl (C=O) groups excluding carboxylic acids is 1. The molecule has 0 aliphatic rings. The van der Waals surface area contributed by atoms with Gasteiger partial charge in [-0.1, -0.05) is 0 Å². The number of rotatable bonds is 3. The third-order valence-corrected chi connectivity index (χ3v) is 1.01. The number of hydrogen-bond donors (Lipinski definition) is 0. The fraction of sp³-hybridized carbons (Fsp3) is 0.667. The molecule has 3 nitrogen and oxygen atoms in total. The quantitative estimate of drug-likeness (QED) is 0.363. The molecular weight excluding hydrogens is 154 g/mol. The lowest BCUT2D eigenvalue weighted by molar-refractivity contribution is -0.817. The van der Waals surface area contributed by atoms with Crippen LogP contribution in [0.5, 0.6) is 0 Å². The van der Waals surface area contributed by atoms with E-state index in [0.717, 1.165) is 0 Å². The number of quaternary nitrogens is 1. The SMILES string of the molecule is CC(C)OC(=O)/C=C\[N+](C)(C)C. The molecule has 0 rings (SSSR count). The fourth-order valence-electron chi connectivity index (χ4n) is 0.556. The van der Waals surface area contributed by atoms with E-state index in [4.69, 9.17) is 4.74 Å². The van der Waals surface area contributed by atoms with Crippen LogP contribution < -0.4 is 0 Å². The summed E-state index contributed by atoms with van der Waals surface area (Å²) >= 11 is 0. The number of nitrogens with zero attached hydrogens (tertiary/aromatic N) is 1. The summed E-state index contributed by atoms with van der Waals surface area (Å²) in [6.07, 6.45) is 3.19. The molecule has 0 saturated heterocycles. The van der Waals surface area contributed by atoms with Crippen molar-refractivity contribution in [1.82, 2.24) is 0 Å². The number of ether oxygens (including phenoxy) is 1. The molecule has 0 atom stereocenters. The van der Waals surface area contributed by atoms with Gasteiger partial charge in [0, 0.05) is 0 Å². The Morgan fingerprint density at radius 2 is 1.83 bits per heavy atom. The van der Waals surface area contributed by atoms with Crippen molar-refractivity contribution in [3.63, 3.8) is 0 Å². The van der Waals surface area contributed by atoms with E-state index >= 15 is 0 Å². The van der Waals surface area contributed by atoms with E-state index in [1.54, 1.807) is 6.20 Å². The molecule has 0 radical (unpaired) electrons. The molecule has 12 heavy (non-hydrogen) atoms. The molecule has 0 bridgehead atoms. The van der Waals surface area contributed by atoms with Crippen LogP contribution in [0.15, 0.2) is 12.3 Å². The summed E-state index contributed by atoms with van der Waals surface area (Å²) in [6.45, 7) is 3.66. The molecule has 0 amide bonds. The van der Waals surface area contributed by atoms with E-state index < -0.39 is 0 Å². The first-order valence-electron chi connectivity index (χ1n) is 4.02. The molecule has 3 heteroatoms. The van der Waals surface area contributed by atoms with E-state index in [1.807, 2.05) is 35.0 Å². The molecule has 0 aliphatic heterocycles. The normalized spacial score (nSPS) is 12.5. The predicted molar refractivity (Wildman–Crippen MR) is 48.4 cm³/mol. The van der Waals surface area contributed by atoms with E-state index in [1.165, 1.54) is 6.08 Å². The lowest BCUT2D eigenvalue weighted by Gasteiger charge is -2.17. The molecule has 0 heterocycles. The third kappa shape index (κ3) is 7.28. The van der Waals surface area contributed by atoms with Crippen LogP contribution >= 0.6 is 0 Å². The Morgan fingerprint density at radius 3 is 2.17 bits per heavy atom. The van der Waals surface area contributed by atoms with Crippen LogP contribution in [0.2, 0.25) is 0 Å². The van der Waals surface area contributed by atoms with Crippen molar-refractivity contribution in [3.8, 4) is 0 Å². The summed E-state index contributed by atoms with van der Waals surface area (Å²) in [4.78, 5) is 11.0. The highest BCUT2D eigenvalue weighted by Gasteiger charge is 2.04. The molecule has 0 spiro atoms. The predicted octanol–water partition coefficient (Wildman–Crippen LogP) is 1.16. The van der Waals surface area contributed by atoms with Gasteiger partial charge < -0.3 is 9.22 Å². The van der Waals surface area contributed by atoms with Crippen molar-refractivity contribution in [1.29, 1.82) is 0 Å². The maximum absolute atomic E-state index is 11.0. The highest BCUT2D eigenvalue weighted by Crippen LogP contribution is 1.94. The fourth-order valence-corrected chi connectivity index (χ4v) is 0.556. The Bertz CT molecular complexity index is 177. The highest BCUT2D eigenvalue weighted by atomic mass is 16.5. The van der Waals surface area contributed by atoms with Crippen LogP contribution in [0.1, 0.15) is 13.8 Å². The van der Waals surface area contributed by atoms with Crippen LogP contribution in [-0.2, 0) is 9.53 Å². The van der Waals surface area contributed by atoms with Gasteiger partial charge in [0.25, 0.3) is 0 Å². The van der Waals surface area contributed by atoms with Crippen molar-refractivity contribution < 1.29 is 14.0 Å². The van der Waals surface area contributed by atoms with Gasteiger partial charge >= 0.3 is 5.97 Å². The van der Waals surface area contributed by atoms with Crippen molar-refractivity contribution in [3.05, 3.63) is 12.3 Å².